The smallest absolute Gasteiger partial charge is 0.0273 e. The lowest BCUT2D eigenvalue weighted by Crippen LogP contribution is -2.20. The first-order valence-electron chi connectivity index (χ1n) is 11.1. The third-order valence-corrected chi connectivity index (χ3v) is 6.52. The molecule has 0 saturated carbocycles. The fraction of sp³-hybridized carbons (Fsp3) is 0.519. The van der Waals surface area contributed by atoms with E-state index >= 15 is 0 Å². The number of aryl methyl sites for hydroxylation is 1. The Labute approximate surface area is 172 Å². The number of pyridine rings is 1. The van der Waals surface area contributed by atoms with Crippen LogP contribution in [0.25, 0.3) is 5.57 Å². The van der Waals surface area contributed by atoms with Gasteiger partial charge in [-0.25, -0.2) is 0 Å². The van der Waals surface area contributed by atoms with E-state index in [1.54, 1.807) is 0 Å². The average molecular weight is 376 g/mol. The van der Waals surface area contributed by atoms with Crippen LogP contribution in [0.1, 0.15) is 94.0 Å². The Morgan fingerprint density at radius 3 is 2.46 bits per heavy atom. The van der Waals surface area contributed by atoms with Gasteiger partial charge in [-0.15, -0.1) is 0 Å². The monoisotopic (exact) mass is 375 g/mol. The number of aromatic nitrogens is 1. The number of hydrogen-bond donors (Lipinski definition) is 0. The van der Waals surface area contributed by atoms with Crippen molar-refractivity contribution in [1.29, 1.82) is 0 Å². The van der Waals surface area contributed by atoms with E-state index in [9.17, 15) is 0 Å². The molecule has 1 heterocycles. The van der Waals surface area contributed by atoms with Crippen LogP contribution in [0.3, 0.4) is 0 Å². The maximum absolute atomic E-state index is 4.22. The summed E-state index contributed by atoms with van der Waals surface area (Å²) in [5, 5.41) is 0. The minimum atomic E-state index is 0.173. The molecule has 2 unspecified atom stereocenters. The van der Waals surface area contributed by atoms with Gasteiger partial charge in [0.25, 0.3) is 0 Å². The van der Waals surface area contributed by atoms with E-state index in [0.717, 1.165) is 12.3 Å². The molecule has 1 aromatic carbocycles. The molecule has 0 spiro atoms. The SMILES string of the molecule is CCCCCC(C)C(C)c1cc(C)c2c(c1)CC(C)(C)C=C2c1ccncc1. The lowest BCUT2D eigenvalue weighted by molar-refractivity contribution is 0.429. The van der Waals surface area contributed by atoms with Crippen LogP contribution in [0.15, 0.2) is 42.7 Å². The Morgan fingerprint density at radius 2 is 1.79 bits per heavy atom. The Kier molecular flexibility index (Phi) is 6.43. The number of rotatable bonds is 7. The van der Waals surface area contributed by atoms with Gasteiger partial charge in [0.2, 0.25) is 0 Å². The molecular formula is C27H37N. The van der Waals surface area contributed by atoms with Gasteiger partial charge in [0.15, 0.2) is 0 Å². The molecule has 2 atom stereocenters. The maximum Gasteiger partial charge on any atom is 0.0273 e. The second-order valence-corrected chi connectivity index (χ2v) is 9.59. The molecule has 150 valence electrons. The van der Waals surface area contributed by atoms with Crippen molar-refractivity contribution in [3.8, 4) is 0 Å². The van der Waals surface area contributed by atoms with Gasteiger partial charge in [0.05, 0.1) is 0 Å². The van der Waals surface area contributed by atoms with Crippen LogP contribution in [0.4, 0.5) is 0 Å². The highest BCUT2D eigenvalue weighted by molar-refractivity contribution is 5.85. The molecular weight excluding hydrogens is 338 g/mol. The average Bonchev–Trinajstić information content (AvgIpc) is 2.66. The molecule has 0 saturated heterocycles. The van der Waals surface area contributed by atoms with Crippen molar-refractivity contribution in [3.63, 3.8) is 0 Å². The van der Waals surface area contributed by atoms with Crippen LogP contribution in [0, 0.1) is 18.3 Å². The van der Waals surface area contributed by atoms with Crippen molar-refractivity contribution >= 4 is 5.57 Å². The van der Waals surface area contributed by atoms with E-state index in [0.29, 0.717) is 5.92 Å². The topological polar surface area (TPSA) is 12.9 Å². The number of fused-ring (bicyclic) bond motifs is 1. The van der Waals surface area contributed by atoms with Crippen molar-refractivity contribution < 1.29 is 0 Å². The summed E-state index contributed by atoms with van der Waals surface area (Å²) in [5.41, 5.74) is 8.72. The fourth-order valence-electron chi connectivity index (χ4n) is 4.74. The Balaban J connectivity index is 1.97. The zero-order valence-corrected chi connectivity index (χ0v) is 18.7. The first kappa shape index (κ1) is 20.8. The molecule has 0 amide bonds. The van der Waals surface area contributed by atoms with Crippen molar-refractivity contribution in [2.24, 2.45) is 11.3 Å². The van der Waals surface area contributed by atoms with E-state index in [2.05, 4.69) is 76.9 Å². The van der Waals surface area contributed by atoms with Crippen LogP contribution in [-0.2, 0) is 6.42 Å². The Hall–Kier alpha value is -1.89. The van der Waals surface area contributed by atoms with Gasteiger partial charge < -0.3 is 0 Å². The molecule has 0 fully saturated rings. The van der Waals surface area contributed by atoms with E-state index in [1.807, 2.05) is 12.4 Å². The summed E-state index contributed by atoms with van der Waals surface area (Å²) in [6, 6.07) is 9.25. The van der Waals surface area contributed by atoms with Gasteiger partial charge in [-0.3, -0.25) is 4.98 Å². The predicted molar refractivity (Wildman–Crippen MR) is 122 cm³/mol. The lowest BCUT2D eigenvalue weighted by Gasteiger charge is -2.33. The summed E-state index contributed by atoms with van der Waals surface area (Å²) < 4.78 is 0. The van der Waals surface area contributed by atoms with Crippen LogP contribution in [0.5, 0.6) is 0 Å². The molecule has 1 aliphatic rings. The molecule has 1 nitrogen and oxygen atoms in total. The zero-order valence-electron chi connectivity index (χ0n) is 18.7. The molecule has 28 heavy (non-hydrogen) atoms. The third kappa shape index (κ3) is 4.57. The van der Waals surface area contributed by atoms with E-state index in [1.165, 1.54) is 59.1 Å². The van der Waals surface area contributed by atoms with Crippen LogP contribution >= 0.6 is 0 Å². The molecule has 3 rings (SSSR count). The summed E-state index contributed by atoms with van der Waals surface area (Å²) in [6.45, 7) is 14.2. The van der Waals surface area contributed by atoms with E-state index < -0.39 is 0 Å². The van der Waals surface area contributed by atoms with Gasteiger partial charge in [-0.1, -0.05) is 78.5 Å². The second-order valence-electron chi connectivity index (χ2n) is 9.59. The minimum absolute atomic E-state index is 0.173. The predicted octanol–water partition coefficient (Wildman–Crippen LogP) is 7.72. The van der Waals surface area contributed by atoms with E-state index in [-0.39, 0.29) is 5.41 Å². The number of hydrogen-bond acceptors (Lipinski definition) is 1. The minimum Gasteiger partial charge on any atom is -0.265 e. The standard InChI is InChI=1S/C27H37N/c1-7-8-9-10-19(2)21(4)23-15-20(3)26-24(16-23)17-27(5,6)18-25(26)22-11-13-28-14-12-22/h11-16,18-19,21H,7-10,17H2,1-6H3. The summed E-state index contributed by atoms with van der Waals surface area (Å²) >= 11 is 0. The number of benzene rings is 1. The van der Waals surface area contributed by atoms with Gasteiger partial charge in [0, 0.05) is 12.4 Å². The van der Waals surface area contributed by atoms with Gasteiger partial charge in [0.1, 0.15) is 0 Å². The molecule has 1 heteroatoms. The van der Waals surface area contributed by atoms with Crippen molar-refractivity contribution in [3.05, 3.63) is 70.6 Å². The highest BCUT2D eigenvalue weighted by Gasteiger charge is 2.28. The maximum atomic E-state index is 4.22. The number of allylic oxidation sites excluding steroid dienone is 1. The fourth-order valence-corrected chi connectivity index (χ4v) is 4.74. The van der Waals surface area contributed by atoms with Gasteiger partial charge in [-0.2, -0.15) is 0 Å². The molecule has 0 aliphatic heterocycles. The molecule has 1 aromatic heterocycles. The second kappa shape index (κ2) is 8.64. The summed E-state index contributed by atoms with van der Waals surface area (Å²) in [6.07, 6.45) is 12.7. The normalized spacial score (nSPS) is 17.6. The first-order valence-corrected chi connectivity index (χ1v) is 11.1. The molecule has 0 bridgehead atoms. The van der Waals surface area contributed by atoms with Crippen LogP contribution < -0.4 is 0 Å². The summed E-state index contributed by atoms with van der Waals surface area (Å²) in [5.74, 6) is 1.34. The highest BCUT2D eigenvalue weighted by atomic mass is 14.6. The summed E-state index contributed by atoms with van der Waals surface area (Å²) in [7, 11) is 0. The third-order valence-electron chi connectivity index (χ3n) is 6.52. The van der Waals surface area contributed by atoms with Crippen LogP contribution in [-0.4, -0.2) is 4.98 Å². The molecule has 0 N–H and O–H groups in total. The summed E-state index contributed by atoms with van der Waals surface area (Å²) in [4.78, 5) is 4.22. The van der Waals surface area contributed by atoms with Crippen molar-refractivity contribution in [1.82, 2.24) is 4.98 Å². The lowest BCUT2D eigenvalue weighted by atomic mass is 9.72. The zero-order chi connectivity index (χ0) is 20.3. The number of unbranched alkanes of at least 4 members (excludes halogenated alkanes) is 2. The largest absolute Gasteiger partial charge is 0.265 e. The highest BCUT2D eigenvalue weighted by Crippen LogP contribution is 2.42. The molecule has 0 radical (unpaired) electrons. The molecule has 2 aromatic rings. The quantitative estimate of drug-likeness (QED) is 0.451. The molecule has 1 aliphatic carbocycles. The van der Waals surface area contributed by atoms with Crippen molar-refractivity contribution in [2.75, 3.05) is 0 Å². The first-order chi connectivity index (χ1) is 13.3. The number of nitrogens with zero attached hydrogens (tertiary/aromatic N) is 1. The van der Waals surface area contributed by atoms with Crippen molar-refractivity contribution in [2.45, 2.75) is 79.6 Å². The van der Waals surface area contributed by atoms with Gasteiger partial charge in [-0.05, 0) is 76.1 Å². The van der Waals surface area contributed by atoms with Gasteiger partial charge >= 0.3 is 0 Å². The van der Waals surface area contributed by atoms with Crippen LogP contribution in [0.2, 0.25) is 0 Å². The Bertz CT molecular complexity index is 829. The Morgan fingerprint density at radius 1 is 1.07 bits per heavy atom. The van der Waals surface area contributed by atoms with E-state index in [4.69, 9.17) is 0 Å².